The highest BCUT2D eigenvalue weighted by atomic mass is 14.0. The van der Waals surface area contributed by atoms with Gasteiger partial charge in [0.25, 0.3) is 0 Å². The van der Waals surface area contributed by atoms with E-state index in [9.17, 15) is 0 Å². The number of benzene rings is 2. The minimum Gasteiger partial charge on any atom is -0.0917 e. The molecule has 0 saturated carbocycles. The molecule has 2 rings (SSSR count). The van der Waals surface area contributed by atoms with Gasteiger partial charge < -0.3 is 0 Å². The van der Waals surface area contributed by atoms with Gasteiger partial charge in [-0.2, -0.15) is 0 Å². The monoisotopic (exact) mass is 196 g/mol. The summed E-state index contributed by atoms with van der Waals surface area (Å²) < 4.78 is 0. The first-order chi connectivity index (χ1) is 7.40. The third-order valence-electron chi connectivity index (χ3n) is 2.65. The Bertz CT molecular complexity index is 466. The molecule has 15 heavy (non-hydrogen) atoms. The first-order valence-electron chi connectivity index (χ1n) is 5.49. The van der Waals surface area contributed by atoms with Crippen molar-refractivity contribution in [1.82, 2.24) is 0 Å². The molecule has 0 amide bonds. The first-order valence-corrected chi connectivity index (χ1v) is 5.49. The fourth-order valence-electron chi connectivity index (χ4n) is 1.81. The van der Waals surface area contributed by atoms with Crippen LogP contribution in [0.5, 0.6) is 0 Å². The van der Waals surface area contributed by atoms with E-state index >= 15 is 0 Å². The molecule has 0 aliphatic heterocycles. The van der Waals surface area contributed by atoms with Crippen molar-refractivity contribution in [1.29, 1.82) is 0 Å². The van der Waals surface area contributed by atoms with E-state index in [1.165, 1.54) is 16.3 Å². The van der Waals surface area contributed by atoms with E-state index in [1.54, 1.807) is 0 Å². The molecule has 0 N–H and O–H groups in total. The number of allylic oxidation sites excluding steroid dienone is 2. The second-order valence-electron chi connectivity index (χ2n) is 3.79. The Kier molecular flexibility index (Phi) is 3.18. The maximum atomic E-state index is 2.29. The van der Waals surface area contributed by atoms with E-state index in [0.29, 0.717) is 0 Å². The fraction of sp³-hybridized carbons (Fsp3) is 0.200. The zero-order valence-corrected chi connectivity index (χ0v) is 9.11. The Labute approximate surface area is 91.2 Å². The van der Waals surface area contributed by atoms with Crippen LogP contribution in [0.4, 0.5) is 0 Å². The summed E-state index contributed by atoms with van der Waals surface area (Å²) in [5.74, 6) is 0. The molecule has 0 atom stereocenters. The van der Waals surface area contributed by atoms with Crippen molar-refractivity contribution in [2.45, 2.75) is 19.8 Å². The molecular formula is C15H16. The van der Waals surface area contributed by atoms with Gasteiger partial charge >= 0.3 is 0 Å². The molecule has 0 heteroatoms. The summed E-state index contributed by atoms with van der Waals surface area (Å²) in [6.45, 7) is 2.07. The van der Waals surface area contributed by atoms with Crippen LogP contribution in [-0.4, -0.2) is 0 Å². The molecule has 0 aromatic heterocycles. The molecule has 0 nitrogen and oxygen atoms in total. The summed E-state index contributed by atoms with van der Waals surface area (Å²) >= 11 is 0. The lowest BCUT2D eigenvalue weighted by Crippen LogP contribution is -1.83. The van der Waals surface area contributed by atoms with Crippen LogP contribution in [0, 0.1) is 0 Å². The molecule has 0 spiro atoms. The van der Waals surface area contributed by atoms with Crippen molar-refractivity contribution < 1.29 is 0 Å². The summed E-state index contributed by atoms with van der Waals surface area (Å²) in [6.07, 6.45) is 6.60. The molecule has 0 bridgehead atoms. The normalized spacial score (nSPS) is 11.3. The van der Waals surface area contributed by atoms with E-state index in [-0.39, 0.29) is 0 Å². The lowest BCUT2D eigenvalue weighted by atomic mass is 10.0. The lowest BCUT2D eigenvalue weighted by molar-refractivity contribution is 1.00. The van der Waals surface area contributed by atoms with Crippen molar-refractivity contribution in [2.75, 3.05) is 0 Å². The van der Waals surface area contributed by atoms with E-state index in [1.807, 2.05) is 0 Å². The molecule has 2 aromatic rings. The van der Waals surface area contributed by atoms with Crippen LogP contribution in [0.1, 0.15) is 18.9 Å². The number of hydrogen-bond donors (Lipinski definition) is 0. The maximum Gasteiger partial charge on any atom is -0.0181 e. The van der Waals surface area contributed by atoms with Crippen molar-refractivity contribution in [3.8, 4) is 0 Å². The third-order valence-corrected chi connectivity index (χ3v) is 2.65. The summed E-state index contributed by atoms with van der Waals surface area (Å²) in [4.78, 5) is 0. The van der Waals surface area contributed by atoms with Gasteiger partial charge in [-0.1, -0.05) is 54.6 Å². The smallest absolute Gasteiger partial charge is 0.0181 e. The van der Waals surface area contributed by atoms with E-state index < -0.39 is 0 Å². The molecule has 0 aliphatic rings. The topological polar surface area (TPSA) is 0 Å². The summed E-state index contributed by atoms with van der Waals surface area (Å²) in [5, 5.41) is 2.67. The van der Waals surface area contributed by atoms with Crippen LogP contribution in [0.15, 0.2) is 54.6 Å². The van der Waals surface area contributed by atoms with Crippen molar-refractivity contribution in [3.63, 3.8) is 0 Å². The Morgan fingerprint density at radius 3 is 2.60 bits per heavy atom. The van der Waals surface area contributed by atoms with Gasteiger partial charge in [-0.3, -0.25) is 0 Å². The first kappa shape index (κ1) is 9.97. The van der Waals surface area contributed by atoms with Crippen molar-refractivity contribution in [3.05, 3.63) is 60.2 Å². The summed E-state index contributed by atoms with van der Waals surface area (Å²) in [7, 11) is 0. The summed E-state index contributed by atoms with van der Waals surface area (Å²) in [6, 6.07) is 15.2. The maximum absolute atomic E-state index is 2.29. The van der Waals surface area contributed by atoms with Crippen molar-refractivity contribution in [2.24, 2.45) is 0 Å². The molecule has 0 saturated heterocycles. The van der Waals surface area contributed by atoms with E-state index in [0.717, 1.165) is 12.8 Å². The van der Waals surface area contributed by atoms with Gasteiger partial charge in [0.05, 0.1) is 0 Å². The third kappa shape index (κ3) is 2.47. The minimum absolute atomic E-state index is 1.13. The second kappa shape index (κ2) is 4.79. The largest absolute Gasteiger partial charge is 0.0917 e. The molecule has 0 fully saturated rings. The highest BCUT2D eigenvalue weighted by Gasteiger charge is 1.94. The quantitative estimate of drug-likeness (QED) is 0.640. The van der Waals surface area contributed by atoms with Gasteiger partial charge in [0, 0.05) is 0 Å². The Hall–Kier alpha value is -1.56. The molecule has 0 heterocycles. The van der Waals surface area contributed by atoms with Gasteiger partial charge in [-0.25, -0.2) is 0 Å². The number of rotatable bonds is 3. The highest BCUT2D eigenvalue weighted by molar-refractivity contribution is 5.82. The van der Waals surface area contributed by atoms with Gasteiger partial charge in [0.2, 0.25) is 0 Å². The number of fused-ring (bicyclic) bond motifs is 1. The second-order valence-corrected chi connectivity index (χ2v) is 3.79. The zero-order valence-electron chi connectivity index (χ0n) is 9.11. The average Bonchev–Trinajstić information content (AvgIpc) is 2.29. The van der Waals surface area contributed by atoms with Gasteiger partial charge in [0.15, 0.2) is 0 Å². The van der Waals surface area contributed by atoms with Crippen LogP contribution < -0.4 is 0 Å². The van der Waals surface area contributed by atoms with Crippen LogP contribution in [0.25, 0.3) is 10.8 Å². The fourth-order valence-corrected chi connectivity index (χ4v) is 1.81. The standard InChI is InChI=1S/C15H16/c1-2-3-4-7-13-10-11-14-8-5-6-9-15(14)12-13/h2-3,5-6,8-12H,4,7H2,1H3/b3-2+. The van der Waals surface area contributed by atoms with E-state index in [4.69, 9.17) is 0 Å². The predicted octanol–water partition coefficient (Wildman–Crippen LogP) is 4.35. The molecule has 76 valence electrons. The molecule has 0 radical (unpaired) electrons. The zero-order chi connectivity index (χ0) is 10.5. The number of aryl methyl sites for hydroxylation is 1. The molecule has 0 aliphatic carbocycles. The molecule has 0 unspecified atom stereocenters. The average molecular weight is 196 g/mol. The molecular weight excluding hydrogens is 180 g/mol. The lowest BCUT2D eigenvalue weighted by Gasteiger charge is -2.01. The van der Waals surface area contributed by atoms with Gasteiger partial charge in [-0.15, -0.1) is 0 Å². The summed E-state index contributed by atoms with van der Waals surface area (Å²) in [5.41, 5.74) is 1.42. The predicted molar refractivity (Wildman–Crippen MR) is 67.1 cm³/mol. The van der Waals surface area contributed by atoms with Crippen LogP contribution in [-0.2, 0) is 6.42 Å². The highest BCUT2D eigenvalue weighted by Crippen LogP contribution is 2.16. The molecule has 2 aromatic carbocycles. The van der Waals surface area contributed by atoms with Crippen molar-refractivity contribution >= 4 is 10.8 Å². The van der Waals surface area contributed by atoms with Crippen LogP contribution >= 0.6 is 0 Å². The minimum atomic E-state index is 1.13. The van der Waals surface area contributed by atoms with E-state index in [2.05, 4.69) is 61.5 Å². The Balaban J connectivity index is 2.23. The van der Waals surface area contributed by atoms with Crippen LogP contribution in [0.3, 0.4) is 0 Å². The SMILES string of the molecule is C/C=C/CCc1ccc2ccccc2c1. The Morgan fingerprint density at radius 2 is 1.80 bits per heavy atom. The van der Waals surface area contributed by atoms with Gasteiger partial charge in [0.1, 0.15) is 0 Å². The Morgan fingerprint density at radius 1 is 1.00 bits per heavy atom. The van der Waals surface area contributed by atoms with Crippen LogP contribution in [0.2, 0.25) is 0 Å². The van der Waals surface area contributed by atoms with Gasteiger partial charge in [-0.05, 0) is 36.1 Å². The number of hydrogen-bond acceptors (Lipinski definition) is 0.